The normalized spacial score (nSPS) is 22.5. The van der Waals surface area contributed by atoms with Crippen LogP contribution < -0.4 is 10.6 Å². The summed E-state index contributed by atoms with van der Waals surface area (Å²) in [5, 5.41) is 9.50. The molecule has 3 nitrogen and oxygen atoms in total. The van der Waals surface area contributed by atoms with Gasteiger partial charge in [-0.15, -0.1) is 0 Å². The fourth-order valence-electron chi connectivity index (χ4n) is 2.14. The lowest BCUT2D eigenvalue weighted by Gasteiger charge is -2.23. The van der Waals surface area contributed by atoms with Crippen molar-refractivity contribution in [1.82, 2.24) is 0 Å². The molecular weight excluding hydrogens is 207 g/mol. The molecule has 2 atom stereocenters. The zero-order valence-corrected chi connectivity index (χ0v) is 9.36. The highest BCUT2D eigenvalue weighted by atomic mass is 19.1. The number of nitrogens with zero attached hydrogens (tertiary/aromatic N) is 1. The number of halogens is 1. The highest BCUT2D eigenvalue weighted by Crippen LogP contribution is 2.28. The summed E-state index contributed by atoms with van der Waals surface area (Å²) < 4.78 is 13.1. The van der Waals surface area contributed by atoms with Crippen LogP contribution in [0.2, 0.25) is 0 Å². The Morgan fingerprint density at radius 2 is 2.31 bits per heavy atom. The summed E-state index contributed by atoms with van der Waals surface area (Å²) in [6.45, 7) is 3.24. The lowest BCUT2D eigenvalue weighted by molar-refractivity contribution is 0.198. The van der Waals surface area contributed by atoms with E-state index < -0.39 is 0 Å². The van der Waals surface area contributed by atoms with Gasteiger partial charge in [-0.3, -0.25) is 0 Å². The first-order valence-electron chi connectivity index (χ1n) is 5.56. The molecule has 1 aliphatic heterocycles. The van der Waals surface area contributed by atoms with Crippen LogP contribution in [-0.2, 0) is 0 Å². The second-order valence-electron chi connectivity index (χ2n) is 4.38. The molecule has 4 heteroatoms. The maximum atomic E-state index is 13.1. The van der Waals surface area contributed by atoms with Gasteiger partial charge in [0.25, 0.3) is 0 Å². The first-order valence-corrected chi connectivity index (χ1v) is 5.56. The van der Waals surface area contributed by atoms with E-state index in [1.54, 1.807) is 6.07 Å². The van der Waals surface area contributed by atoms with Gasteiger partial charge in [0.1, 0.15) is 5.82 Å². The van der Waals surface area contributed by atoms with E-state index in [1.807, 2.05) is 6.92 Å². The Kier molecular flexibility index (Phi) is 3.12. The highest BCUT2D eigenvalue weighted by Gasteiger charge is 2.23. The lowest BCUT2D eigenvalue weighted by atomic mass is 10.1. The molecule has 0 aliphatic carbocycles. The monoisotopic (exact) mass is 224 g/mol. The van der Waals surface area contributed by atoms with Gasteiger partial charge in [-0.25, -0.2) is 4.39 Å². The van der Waals surface area contributed by atoms with E-state index >= 15 is 0 Å². The van der Waals surface area contributed by atoms with Crippen LogP contribution in [0.3, 0.4) is 0 Å². The van der Waals surface area contributed by atoms with Crippen molar-refractivity contribution in [3.63, 3.8) is 0 Å². The van der Waals surface area contributed by atoms with Gasteiger partial charge in [0.05, 0.1) is 6.10 Å². The van der Waals surface area contributed by atoms with Gasteiger partial charge < -0.3 is 15.7 Å². The fourth-order valence-corrected chi connectivity index (χ4v) is 2.14. The van der Waals surface area contributed by atoms with E-state index in [0.29, 0.717) is 6.54 Å². The number of β-amino-alcohol motifs (C(OH)–C–C–N with tert-alkyl or cyclic N) is 1. The molecule has 1 aromatic carbocycles. The van der Waals surface area contributed by atoms with Gasteiger partial charge in [-0.05, 0) is 37.1 Å². The highest BCUT2D eigenvalue weighted by molar-refractivity contribution is 5.55. The molecular formula is C12H17FN2O. The third-order valence-electron chi connectivity index (χ3n) is 2.98. The van der Waals surface area contributed by atoms with E-state index in [2.05, 4.69) is 4.90 Å². The van der Waals surface area contributed by atoms with Crippen LogP contribution in [0.25, 0.3) is 0 Å². The third-order valence-corrected chi connectivity index (χ3v) is 2.98. The molecule has 88 valence electrons. The minimum Gasteiger partial charge on any atom is -0.391 e. The molecule has 1 saturated heterocycles. The second-order valence-corrected chi connectivity index (χ2v) is 4.38. The minimum atomic E-state index is -0.286. The topological polar surface area (TPSA) is 49.5 Å². The van der Waals surface area contributed by atoms with E-state index in [1.165, 1.54) is 12.1 Å². The van der Waals surface area contributed by atoms with Crippen LogP contribution in [0.4, 0.5) is 10.1 Å². The summed E-state index contributed by atoms with van der Waals surface area (Å²) in [5.74, 6) is -0.268. The number of hydrogen-bond acceptors (Lipinski definition) is 3. The number of aliphatic hydroxyl groups is 1. The molecule has 16 heavy (non-hydrogen) atoms. The number of benzene rings is 1. The molecule has 0 amide bonds. The van der Waals surface area contributed by atoms with Crippen molar-refractivity contribution in [2.45, 2.75) is 25.5 Å². The largest absolute Gasteiger partial charge is 0.391 e. The number of anilines is 1. The van der Waals surface area contributed by atoms with Crippen molar-refractivity contribution < 1.29 is 9.50 Å². The van der Waals surface area contributed by atoms with E-state index in [0.717, 1.165) is 24.2 Å². The summed E-state index contributed by atoms with van der Waals surface area (Å²) in [7, 11) is 0. The fraction of sp³-hybridized carbons (Fsp3) is 0.500. The zero-order chi connectivity index (χ0) is 11.7. The molecule has 2 rings (SSSR count). The maximum Gasteiger partial charge on any atom is 0.123 e. The minimum absolute atomic E-state index is 0.205. The van der Waals surface area contributed by atoms with Gasteiger partial charge in [0.15, 0.2) is 0 Å². The molecule has 1 aliphatic rings. The van der Waals surface area contributed by atoms with Gasteiger partial charge in [-0.2, -0.15) is 0 Å². The summed E-state index contributed by atoms with van der Waals surface area (Å²) in [5.41, 5.74) is 7.57. The van der Waals surface area contributed by atoms with Crippen LogP contribution >= 0.6 is 0 Å². The Hall–Kier alpha value is -1.13. The summed E-state index contributed by atoms with van der Waals surface area (Å²) in [6.07, 6.45) is 0.474. The van der Waals surface area contributed by atoms with E-state index in [4.69, 9.17) is 5.73 Å². The van der Waals surface area contributed by atoms with Crippen molar-refractivity contribution in [2.24, 2.45) is 5.73 Å². The number of rotatable bonds is 2. The molecule has 3 N–H and O–H groups in total. The average Bonchev–Trinajstić information content (AvgIpc) is 2.64. The van der Waals surface area contributed by atoms with Crippen molar-refractivity contribution >= 4 is 5.69 Å². The first-order chi connectivity index (χ1) is 7.58. The smallest absolute Gasteiger partial charge is 0.123 e. The quantitative estimate of drug-likeness (QED) is 0.798. The number of nitrogens with two attached hydrogens (primary N) is 1. The maximum absolute atomic E-state index is 13.1. The number of hydrogen-bond donors (Lipinski definition) is 2. The zero-order valence-electron chi connectivity index (χ0n) is 9.36. The predicted molar refractivity (Wildman–Crippen MR) is 61.8 cm³/mol. The van der Waals surface area contributed by atoms with Crippen LogP contribution in [-0.4, -0.2) is 24.3 Å². The molecule has 1 fully saturated rings. The van der Waals surface area contributed by atoms with Crippen LogP contribution in [0.5, 0.6) is 0 Å². The summed E-state index contributed by atoms with van der Waals surface area (Å²) in [4.78, 5) is 2.06. The van der Waals surface area contributed by atoms with Crippen molar-refractivity contribution in [3.8, 4) is 0 Å². The molecule has 1 heterocycles. The Morgan fingerprint density at radius 3 is 2.88 bits per heavy atom. The van der Waals surface area contributed by atoms with Crippen LogP contribution in [0.15, 0.2) is 18.2 Å². The Morgan fingerprint density at radius 1 is 1.56 bits per heavy atom. The van der Waals surface area contributed by atoms with Crippen molar-refractivity contribution in [2.75, 3.05) is 18.0 Å². The molecule has 1 aromatic rings. The van der Waals surface area contributed by atoms with Gasteiger partial charge in [-0.1, -0.05) is 0 Å². The van der Waals surface area contributed by atoms with Crippen LogP contribution in [0.1, 0.15) is 24.9 Å². The summed E-state index contributed by atoms with van der Waals surface area (Å²) >= 11 is 0. The Balaban J connectivity index is 2.32. The van der Waals surface area contributed by atoms with E-state index in [9.17, 15) is 9.50 Å². The standard InChI is InChI=1S/C12H17FN2O/c1-8(14)11-6-9(13)2-3-12(11)15-5-4-10(16)7-15/h2-3,6,8,10,16H,4-5,7,14H2,1H3/t8-,10?/m0/s1. The third kappa shape index (κ3) is 2.18. The molecule has 1 unspecified atom stereocenters. The second kappa shape index (κ2) is 4.39. The van der Waals surface area contributed by atoms with Gasteiger partial charge in [0.2, 0.25) is 0 Å². The lowest BCUT2D eigenvalue weighted by Crippen LogP contribution is -2.24. The SMILES string of the molecule is C[C@H](N)c1cc(F)ccc1N1CCC(O)C1. The van der Waals surface area contributed by atoms with Gasteiger partial charge in [0, 0.05) is 24.8 Å². The Labute approximate surface area is 94.7 Å². The van der Waals surface area contributed by atoms with Gasteiger partial charge >= 0.3 is 0 Å². The molecule has 0 spiro atoms. The number of aliphatic hydroxyl groups excluding tert-OH is 1. The first kappa shape index (κ1) is 11.4. The van der Waals surface area contributed by atoms with Crippen molar-refractivity contribution in [1.29, 1.82) is 0 Å². The van der Waals surface area contributed by atoms with Crippen LogP contribution in [0, 0.1) is 5.82 Å². The van der Waals surface area contributed by atoms with Crippen molar-refractivity contribution in [3.05, 3.63) is 29.6 Å². The molecule has 0 bridgehead atoms. The molecule has 0 aromatic heterocycles. The summed E-state index contributed by atoms with van der Waals surface area (Å²) in [6, 6.07) is 4.45. The average molecular weight is 224 g/mol. The molecule has 0 saturated carbocycles. The van der Waals surface area contributed by atoms with E-state index in [-0.39, 0.29) is 18.0 Å². The Bertz CT molecular complexity index is 381. The molecule has 0 radical (unpaired) electrons. The predicted octanol–water partition coefficient (Wildman–Crippen LogP) is 1.42.